The molecule has 0 aliphatic heterocycles. The standard InChI is InChI=1S/C15H18ClNO3/c1-15(2,3)20-14(18)17-9-5-6-11-7-8-12(16)13(10-11)19-4/h7-8,10H,9H2,1-4H3,(H,17,18). The molecule has 1 amide bonds. The molecule has 0 atom stereocenters. The first-order chi connectivity index (χ1) is 9.31. The molecule has 0 heterocycles. The molecule has 108 valence electrons. The second-order valence-corrected chi connectivity index (χ2v) is 5.41. The molecule has 1 N–H and O–H groups in total. The topological polar surface area (TPSA) is 47.6 Å². The molecule has 0 unspecified atom stereocenters. The van der Waals surface area contributed by atoms with Gasteiger partial charge in [0.15, 0.2) is 0 Å². The summed E-state index contributed by atoms with van der Waals surface area (Å²) in [5, 5.41) is 3.09. The highest BCUT2D eigenvalue weighted by Gasteiger charge is 2.14. The molecule has 1 rings (SSSR count). The highest BCUT2D eigenvalue weighted by Crippen LogP contribution is 2.24. The Morgan fingerprint density at radius 2 is 2.10 bits per heavy atom. The van der Waals surface area contributed by atoms with Crippen LogP contribution in [0.2, 0.25) is 5.02 Å². The van der Waals surface area contributed by atoms with E-state index in [2.05, 4.69) is 17.2 Å². The Labute approximate surface area is 124 Å². The zero-order valence-corrected chi connectivity index (χ0v) is 12.8. The van der Waals surface area contributed by atoms with E-state index in [0.717, 1.165) is 5.56 Å². The maximum Gasteiger partial charge on any atom is 0.408 e. The minimum Gasteiger partial charge on any atom is -0.495 e. The number of halogens is 1. The Balaban J connectivity index is 2.53. The molecule has 1 aromatic rings. The molecule has 0 aromatic heterocycles. The highest BCUT2D eigenvalue weighted by molar-refractivity contribution is 6.32. The van der Waals surface area contributed by atoms with Gasteiger partial charge in [0.1, 0.15) is 11.4 Å². The lowest BCUT2D eigenvalue weighted by atomic mass is 10.2. The Hall–Kier alpha value is -1.86. The lowest BCUT2D eigenvalue weighted by Crippen LogP contribution is -2.32. The van der Waals surface area contributed by atoms with Gasteiger partial charge in [-0.2, -0.15) is 0 Å². The first kappa shape index (κ1) is 16.2. The van der Waals surface area contributed by atoms with E-state index in [9.17, 15) is 4.79 Å². The normalized spacial score (nSPS) is 10.2. The summed E-state index contributed by atoms with van der Waals surface area (Å²) in [5.74, 6) is 6.30. The van der Waals surface area contributed by atoms with Crippen LogP contribution in [-0.2, 0) is 4.74 Å². The van der Waals surface area contributed by atoms with E-state index in [1.165, 1.54) is 0 Å². The van der Waals surface area contributed by atoms with Crippen molar-refractivity contribution in [1.29, 1.82) is 0 Å². The van der Waals surface area contributed by atoms with Crippen LogP contribution in [0.4, 0.5) is 4.79 Å². The molecule has 0 bridgehead atoms. The molecule has 5 heteroatoms. The lowest BCUT2D eigenvalue weighted by Gasteiger charge is -2.18. The van der Waals surface area contributed by atoms with E-state index in [1.54, 1.807) is 46.1 Å². The van der Waals surface area contributed by atoms with E-state index >= 15 is 0 Å². The van der Waals surface area contributed by atoms with Gasteiger partial charge in [-0.15, -0.1) is 0 Å². The zero-order valence-electron chi connectivity index (χ0n) is 12.0. The van der Waals surface area contributed by atoms with Crippen molar-refractivity contribution < 1.29 is 14.3 Å². The van der Waals surface area contributed by atoms with Crippen LogP contribution in [-0.4, -0.2) is 25.3 Å². The van der Waals surface area contributed by atoms with Crippen molar-refractivity contribution in [3.8, 4) is 17.6 Å². The largest absolute Gasteiger partial charge is 0.495 e. The van der Waals surface area contributed by atoms with Crippen LogP contribution in [0, 0.1) is 11.8 Å². The summed E-state index contributed by atoms with van der Waals surface area (Å²) in [6.45, 7) is 5.62. The van der Waals surface area contributed by atoms with Crippen LogP contribution < -0.4 is 10.1 Å². The second kappa shape index (κ2) is 7.06. The first-order valence-electron chi connectivity index (χ1n) is 6.11. The zero-order chi connectivity index (χ0) is 15.2. The van der Waals surface area contributed by atoms with Gasteiger partial charge >= 0.3 is 6.09 Å². The van der Waals surface area contributed by atoms with E-state index in [-0.39, 0.29) is 6.54 Å². The molecule has 0 saturated carbocycles. The molecule has 0 radical (unpaired) electrons. The maximum atomic E-state index is 11.4. The van der Waals surface area contributed by atoms with Gasteiger partial charge in [-0.05, 0) is 39.0 Å². The molecule has 0 fully saturated rings. The highest BCUT2D eigenvalue weighted by atomic mass is 35.5. The number of benzene rings is 1. The maximum absolute atomic E-state index is 11.4. The Kier molecular flexibility index (Phi) is 5.72. The molecule has 0 spiro atoms. The van der Waals surface area contributed by atoms with Gasteiger partial charge < -0.3 is 14.8 Å². The number of nitrogens with one attached hydrogen (secondary N) is 1. The Morgan fingerprint density at radius 3 is 2.70 bits per heavy atom. The fourth-order valence-electron chi connectivity index (χ4n) is 1.31. The summed E-state index contributed by atoms with van der Waals surface area (Å²) in [6.07, 6.45) is -0.486. The number of hydrogen-bond donors (Lipinski definition) is 1. The third kappa shape index (κ3) is 5.85. The summed E-state index contributed by atoms with van der Waals surface area (Å²) in [4.78, 5) is 11.4. The summed E-state index contributed by atoms with van der Waals surface area (Å²) < 4.78 is 10.2. The fraction of sp³-hybridized carbons (Fsp3) is 0.400. The SMILES string of the molecule is COc1cc(C#CCNC(=O)OC(C)(C)C)ccc1Cl. The summed E-state index contributed by atoms with van der Waals surface area (Å²) >= 11 is 5.91. The van der Waals surface area contributed by atoms with E-state index in [4.69, 9.17) is 21.1 Å². The van der Waals surface area contributed by atoms with Gasteiger partial charge in [0, 0.05) is 5.56 Å². The van der Waals surface area contributed by atoms with E-state index in [1.807, 2.05) is 0 Å². The third-order valence-electron chi connectivity index (χ3n) is 2.10. The van der Waals surface area contributed by atoms with Gasteiger partial charge in [0.2, 0.25) is 0 Å². The van der Waals surface area contributed by atoms with Crippen molar-refractivity contribution in [1.82, 2.24) is 5.32 Å². The van der Waals surface area contributed by atoms with Gasteiger partial charge in [-0.25, -0.2) is 4.79 Å². The van der Waals surface area contributed by atoms with Gasteiger partial charge in [-0.3, -0.25) is 0 Å². The van der Waals surface area contributed by atoms with E-state index < -0.39 is 11.7 Å². The number of carbonyl (C=O) groups is 1. The molecular weight excluding hydrogens is 278 g/mol. The van der Waals surface area contributed by atoms with Crippen molar-refractivity contribution >= 4 is 17.7 Å². The van der Waals surface area contributed by atoms with Crippen LogP contribution in [0.15, 0.2) is 18.2 Å². The van der Waals surface area contributed by atoms with Gasteiger partial charge in [0.25, 0.3) is 0 Å². The predicted molar refractivity (Wildman–Crippen MR) is 79.1 cm³/mol. The number of methoxy groups -OCH3 is 1. The van der Waals surface area contributed by atoms with Crippen molar-refractivity contribution in [2.45, 2.75) is 26.4 Å². The molecule has 0 aliphatic carbocycles. The molecule has 1 aromatic carbocycles. The Morgan fingerprint density at radius 1 is 1.40 bits per heavy atom. The monoisotopic (exact) mass is 295 g/mol. The van der Waals surface area contributed by atoms with Crippen LogP contribution in [0.1, 0.15) is 26.3 Å². The van der Waals surface area contributed by atoms with E-state index in [0.29, 0.717) is 10.8 Å². The van der Waals surface area contributed by atoms with Gasteiger partial charge in [0.05, 0.1) is 18.7 Å². The summed E-state index contributed by atoms with van der Waals surface area (Å²) in [5.41, 5.74) is 0.248. The number of carbonyl (C=O) groups excluding carboxylic acids is 1. The smallest absolute Gasteiger partial charge is 0.408 e. The molecule has 4 nitrogen and oxygen atoms in total. The van der Waals surface area contributed by atoms with Crippen molar-refractivity contribution in [3.63, 3.8) is 0 Å². The van der Waals surface area contributed by atoms with Crippen molar-refractivity contribution in [3.05, 3.63) is 28.8 Å². The lowest BCUT2D eigenvalue weighted by molar-refractivity contribution is 0.0535. The molecule has 20 heavy (non-hydrogen) atoms. The summed E-state index contributed by atoms with van der Waals surface area (Å²) in [6, 6.07) is 5.24. The van der Waals surface area contributed by atoms with Gasteiger partial charge in [-0.1, -0.05) is 23.4 Å². The minimum atomic E-state index is -0.513. The van der Waals surface area contributed by atoms with Crippen molar-refractivity contribution in [2.24, 2.45) is 0 Å². The average molecular weight is 296 g/mol. The molecular formula is C15H18ClNO3. The second-order valence-electron chi connectivity index (χ2n) is 5.01. The number of hydrogen-bond acceptors (Lipinski definition) is 3. The van der Waals surface area contributed by atoms with Crippen LogP contribution in [0.3, 0.4) is 0 Å². The quantitative estimate of drug-likeness (QED) is 0.852. The fourth-order valence-corrected chi connectivity index (χ4v) is 1.51. The minimum absolute atomic E-state index is 0.208. The molecule has 0 aliphatic rings. The first-order valence-corrected chi connectivity index (χ1v) is 6.49. The van der Waals surface area contributed by atoms with Crippen molar-refractivity contribution in [2.75, 3.05) is 13.7 Å². The third-order valence-corrected chi connectivity index (χ3v) is 2.42. The number of amides is 1. The van der Waals surface area contributed by atoms with Crippen LogP contribution >= 0.6 is 11.6 Å². The Bertz CT molecular complexity index is 538. The summed E-state index contributed by atoms with van der Waals surface area (Å²) in [7, 11) is 1.54. The average Bonchev–Trinajstić information content (AvgIpc) is 2.34. The van der Waals surface area contributed by atoms with Crippen LogP contribution in [0.25, 0.3) is 0 Å². The number of rotatable bonds is 2. The van der Waals surface area contributed by atoms with Crippen LogP contribution in [0.5, 0.6) is 5.75 Å². The number of alkyl carbamates (subject to hydrolysis) is 1. The number of ether oxygens (including phenoxy) is 2. The predicted octanol–water partition coefficient (Wildman–Crippen LogP) is 3.22. The molecule has 0 saturated heterocycles.